The Kier molecular flexibility index (Phi) is 7.57. The van der Waals surface area contributed by atoms with Crippen LogP contribution in [0.15, 0.2) is 71.8 Å². The van der Waals surface area contributed by atoms with E-state index in [-0.39, 0.29) is 25.2 Å². The fraction of sp³-hybridized carbons (Fsp3) is 0.231. The SMILES string of the molecule is Cc1c(C(=O)OCCOc2ccccc2)sc2ncn(C(C)C(=O)OCc3ccccc3)c(=O)c12. The molecule has 0 aliphatic heterocycles. The maximum absolute atomic E-state index is 13.2. The lowest BCUT2D eigenvalue weighted by atomic mass is 10.2. The van der Waals surface area contributed by atoms with Gasteiger partial charge in [0.15, 0.2) is 0 Å². The van der Waals surface area contributed by atoms with Gasteiger partial charge < -0.3 is 14.2 Å². The van der Waals surface area contributed by atoms with Gasteiger partial charge >= 0.3 is 11.9 Å². The molecule has 2 heterocycles. The van der Waals surface area contributed by atoms with Crippen molar-refractivity contribution in [3.63, 3.8) is 0 Å². The van der Waals surface area contributed by atoms with Gasteiger partial charge in [0.2, 0.25) is 0 Å². The van der Waals surface area contributed by atoms with Crippen molar-refractivity contribution in [2.45, 2.75) is 26.5 Å². The number of esters is 2. The van der Waals surface area contributed by atoms with Crippen LogP contribution in [0.2, 0.25) is 0 Å². The number of carbonyl (C=O) groups excluding carboxylic acids is 2. The molecule has 0 spiro atoms. The van der Waals surface area contributed by atoms with Gasteiger partial charge in [-0.25, -0.2) is 14.6 Å². The van der Waals surface area contributed by atoms with Crippen LogP contribution in [0.5, 0.6) is 5.75 Å². The van der Waals surface area contributed by atoms with Crippen LogP contribution in [0, 0.1) is 6.92 Å². The lowest BCUT2D eigenvalue weighted by Gasteiger charge is -2.14. The van der Waals surface area contributed by atoms with Gasteiger partial charge in [-0.2, -0.15) is 0 Å². The molecule has 1 atom stereocenters. The minimum Gasteiger partial charge on any atom is -0.490 e. The number of hydrogen-bond donors (Lipinski definition) is 0. The van der Waals surface area contributed by atoms with Crippen LogP contribution in [-0.2, 0) is 20.9 Å². The second-order valence-electron chi connectivity index (χ2n) is 7.76. The average Bonchev–Trinajstić information content (AvgIpc) is 3.23. The molecule has 0 N–H and O–H groups in total. The number of para-hydroxylation sites is 1. The highest BCUT2D eigenvalue weighted by Gasteiger charge is 2.24. The number of nitrogens with zero attached hydrogens (tertiary/aromatic N) is 2. The zero-order valence-corrected chi connectivity index (χ0v) is 20.1. The summed E-state index contributed by atoms with van der Waals surface area (Å²) in [5.74, 6) is -0.422. The molecule has 0 amide bonds. The maximum atomic E-state index is 13.2. The first-order valence-corrected chi connectivity index (χ1v) is 11.8. The molecule has 0 bridgehead atoms. The molecule has 35 heavy (non-hydrogen) atoms. The van der Waals surface area contributed by atoms with E-state index in [4.69, 9.17) is 14.2 Å². The Morgan fingerprint density at radius 1 is 1.00 bits per heavy atom. The van der Waals surface area contributed by atoms with E-state index < -0.39 is 23.5 Å². The first-order chi connectivity index (χ1) is 17.0. The molecular formula is C26H24N2O6S. The number of rotatable bonds is 9. The first-order valence-electron chi connectivity index (χ1n) is 11.0. The third-order valence-electron chi connectivity index (χ3n) is 5.37. The Hall–Kier alpha value is -3.98. The number of aromatic nitrogens is 2. The summed E-state index contributed by atoms with van der Waals surface area (Å²) in [6.45, 7) is 3.61. The van der Waals surface area contributed by atoms with E-state index in [9.17, 15) is 14.4 Å². The molecule has 8 nitrogen and oxygen atoms in total. The monoisotopic (exact) mass is 492 g/mol. The molecule has 0 aliphatic rings. The molecule has 9 heteroatoms. The second-order valence-corrected chi connectivity index (χ2v) is 8.76. The van der Waals surface area contributed by atoms with Gasteiger partial charge in [0.05, 0.1) is 11.7 Å². The molecule has 0 saturated carbocycles. The normalized spacial score (nSPS) is 11.7. The highest BCUT2D eigenvalue weighted by atomic mass is 32.1. The van der Waals surface area contributed by atoms with Gasteiger partial charge in [-0.15, -0.1) is 11.3 Å². The van der Waals surface area contributed by atoms with Gasteiger partial charge in [0.1, 0.15) is 41.3 Å². The Bertz CT molecular complexity index is 1380. The Morgan fingerprint density at radius 2 is 1.69 bits per heavy atom. The molecule has 180 valence electrons. The molecule has 4 aromatic rings. The van der Waals surface area contributed by atoms with Gasteiger partial charge in [-0.05, 0) is 37.1 Å². The van der Waals surface area contributed by atoms with Crippen molar-refractivity contribution in [2.24, 2.45) is 0 Å². The molecule has 1 unspecified atom stereocenters. The Balaban J connectivity index is 1.43. The number of hydrogen-bond acceptors (Lipinski definition) is 8. The van der Waals surface area contributed by atoms with Crippen molar-refractivity contribution in [3.8, 4) is 5.75 Å². The molecule has 4 rings (SSSR count). The third kappa shape index (κ3) is 5.58. The fourth-order valence-corrected chi connectivity index (χ4v) is 4.48. The molecule has 0 fully saturated rings. The fourth-order valence-electron chi connectivity index (χ4n) is 3.45. The summed E-state index contributed by atoms with van der Waals surface area (Å²) < 4.78 is 17.4. The Morgan fingerprint density at radius 3 is 2.40 bits per heavy atom. The van der Waals surface area contributed by atoms with Crippen LogP contribution in [0.4, 0.5) is 0 Å². The molecule has 0 saturated heterocycles. The van der Waals surface area contributed by atoms with Crippen LogP contribution in [0.25, 0.3) is 10.2 Å². The third-order valence-corrected chi connectivity index (χ3v) is 6.55. The summed E-state index contributed by atoms with van der Waals surface area (Å²) in [4.78, 5) is 43.4. The predicted octanol–water partition coefficient (Wildman–Crippen LogP) is 4.31. The zero-order valence-electron chi connectivity index (χ0n) is 19.3. The average molecular weight is 493 g/mol. The standard InChI is InChI=1S/C26H24N2O6S/c1-17-21-23(35-22(17)26(31)33-14-13-32-20-11-7-4-8-12-20)27-16-28(24(21)29)18(2)25(30)34-15-19-9-5-3-6-10-19/h3-12,16,18H,13-15H2,1-2H3. The van der Waals surface area contributed by atoms with Crippen LogP contribution in [-0.4, -0.2) is 34.7 Å². The van der Waals surface area contributed by atoms with Crippen molar-refractivity contribution in [1.29, 1.82) is 0 Å². The minimum atomic E-state index is -0.882. The molecule has 2 aromatic heterocycles. The van der Waals surface area contributed by atoms with Crippen molar-refractivity contribution in [2.75, 3.05) is 13.2 Å². The zero-order chi connectivity index (χ0) is 24.8. The van der Waals surface area contributed by atoms with Crippen LogP contribution in [0.3, 0.4) is 0 Å². The van der Waals surface area contributed by atoms with E-state index in [1.165, 1.54) is 10.9 Å². The summed E-state index contributed by atoms with van der Waals surface area (Å²) in [6, 6.07) is 17.6. The van der Waals surface area contributed by atoms with Crippen molar-refractivity contribution in [3.05, 3.63) is 93.3 Å². The largest absolute Gasteiger partial charge is 0.490 e. The number of thiophene rings is 1. The predicted molar refractivity (Wildman–Crippen MR) is 132 cm³/mol. The van der Waals surface area contributed by atoms with Gasteiger partial charge in [-0.1, -0.05) is 48.5 Å². The maximum Gasteiger partial charge on any atom is 0.348 e. The quantitative estimate of drug-likeness (QED) is 0.254. The van der Waals surface area contributed by atoms with E-state index in [1.54, 1.807) is 13.8 Å². The number of ether oxygens (including phenoxy) is 3. The number of carbonyl (C=O) groups is 2. The van der Waals surface area contributed by atoms with Crippen LogP contribution < -0.4 is 10.3 Å². The second kappa shape index (κ2) is 11.0. The van der Waals surface area contributed by atoms with Crippen molar-refractivity contribution in [1.82, 2.24) is 9.55 Å². The summed E-state index contributed by atoms with van der Waals surface area (Å²) in [6.07, 6.45) is 1.30. The van der Waals surface area contributed by atoms with E-state index in [2.05, 4.69) is 4.98 Å². The molecule has 0 radical (unpaired) electrons. The summed E-state index contributed by atoms with van der Waals surface area (Å²) >= 11 is 1.08. The van der Waals surface area contributed by atoms with Gasteiger partial charge in [0, 0.05) is 0 Å². The summed E-state index contributed by atoms with van der Waals surface area (Å²) in [5, 5.41) is 0.285. The Labute approximate surface area is 205 Å². The summed E-state index contributed by atoms with van der Waals surface area (Å²) in [7, 11) is 0. The molecule has 0 aliphatic carbocycles. The van der Waals surface area contributed by atoms with Crippen LogP contribution >= 0.6 is 11.3 Å². The van der Waals surface area contributed by atoms with Crippen molar-refractivity contribution >= 4 is 33.5 Å². The van der Waals surface area contributed by atoms with E-state index in [0.717, 1.165) is 16.9 Å². The summed E-state index contributed by atoms with van der Waals surface area (Å²) in [5.41, 5.74) is 0.898. The van der Waals surface area contributed by atoms with Crippen molar-refractivity contribution < 1.29 is 23.8 Å². The van der Waals surface area contributed by atoms with E-state index >= 15 is 0 Å². The van der Waals surface area contributed by atoms with E-state index in [1.807, 2.05) is 60.7 Å². The van der Waals surface area contributed by atoms with Gasteiger partial charge in [0.25, 0.3) is 5.56 Å². The number of aryl methyl sites for hydroxylation is 1. The van der Waals surface area contributed by atoms with E-state index in [0.29, 0.717) is 21.0 Å². The van der Waals surface area contributed by atoms with Crippen LogP contribution in [0.1, 0.15) is 33.8 Å². The smallest absolute Gasteiger partial charge is 0.348 e. The lowest BCUT2D eigenvalue weighted by Crippen LogP contribution is -2.29. The topological polar surface area (TPSA) is 96.7 Å². The first kappa shape index (κ1) is 24.2. The highest BCUT2D eigenvalue weighted by molar-refractivity contribution is 7.20. The lowest BCUT2D eigenvalue weighted by molar-refractivity contribution is -0.148. The molecule has 2 aromatic carbocycles. The minimum absolute atomic E-state index is 0.0589. The molecular weight excluding hydrogens is 468 g/mol. The van der Waals surface area contributed by atoms with Gasteiger partial charge in [-0.3, -0.25) is 9.36 Å². The number of fused-ring (bicyclic) bond motifs is 1. The number of benzene rings is 2. The highest BCUT2D eigenvalue weighted by Crippen LogP contribution is 2.28.